The predicted octanol–water partition coefficient (Wildman–Crippen LogP) is 4.49. The molecular formula is C20H20ClFN4O2. The van der Waals surface area contributed by atoms with Gasteiger partial charge in [-0.25, -0.2) is 14.4 Å². The molecule has 28 heavy (non-hydrogen) atoms. The molecule has 1 unspecified atom stereocenters. The minimum atomic E-state index is -0.546. The van der Waals surface area contributed by atoms with E-state index in [-0.39, 0.29) is 22.5 Å². The number of anilines is 2. The third kappa shape index (κ3) is 3.42. The number of hydrogen-bond acceptors (Lipinski definition) is 5. The van der Waals surface area contributed by atoms with Gasteiger partial charge in [-0.05, 0) is 44.9 Å². The number of piperidine rings is 1. The molecule has 1 atom stereocenters. The molecular weight excluding hydrogens is 383 g/mol. The van der Waals surface area contributed by atoms with Crippen LogP contribution in [-0.2, 0) is 4.79 Å². The molecule has 4 rings (SSSR count). The monoisotopic (exact) mass is 402 g/mol. The van der Waals surface area contributed by atoms with E-state index in [1.165, 1.54) is 18.5 Å². The lowest BCUT2D eigenvalue weighted by molar-refractivity contribution is -0.120. The normalized spacial score (nSPS) is 17.1. The van der Waals surface area contributed by atoms with Crippen LogP contribution in [-0.4, -0.2) is 29.0 Å². The molecule has 3 heterocycles. The van der Waals surface area contributed by atoms with Crippen LogP contribution in [0.15, 0.2) is 28.9 Å². The zero-order valence-electron chi connectivity index (χ0n) is 15.6. The highest BCUT2D eigenvalue weighted by atomic mass is 35.5. The van der Waals surface area contributed by atoms with Crippen molar-refractivity contribution in [3.05, 3.63) is 46.7 Å². The minimum absolute atomic E-state index is 0.136. The van der Waals surface area contributed by atoms with E-state index in [1.54, 1.807) is 6.07 Å². The standard InChI is InChI=1S/C20H20ClFN4O2/c1-11-12(2)28-20-17(11)18(23-10-24-20)26-7-3-4-13(9-26)19(27)25-16-6-5-14(21)8-15(16)22/h5-6,8,10,13H,3-4,7,9H2,1-2H3,(H,25,27). The summed E-state index contributed by atoms with van der Waals surface area (Å²) in [6.07, 6.45) is 3.05. The molecule has 0 saturated carbocycles. The van der Waals surface area contributed by atoms with Gasteiger partial charge in [0.2, 0.25) is 11.6 Å². The van der Waals surface area contributed by atoms with Crippen molar-refractivity contribution >= 4 is 40.1 Å². The first-order chi connectivity index (χ1) is 13.4. The van der Waals surface area contributed by atoms with Gasteiger partial charge in [-0.2, -0.15) is 0 Å². The van der Waals surface area contributed by atoms with Crippen molar-refractivity contribution in [3.63, 3.8) is 0 Å². The molecule has 0 spiro atoms. The highest BCUT2D eigenvalue weighted by molar-refractivity contribution is 6.30. The molecule has 1 aliphatic heterocycles. The number of carbonyl (C=O) groups is 1. The van der Waals surface area contributed by atoms with Gasteiger partial charge in [-0.3, -0.25) is 4.79 Å². The summed E-state index contributed by atoms with van der Waals surface area (Å²) in [5, 5.41) is 3.85. The van der Waals surface area contributed by atoms with Crippen molar-refractivity contribution in [2.45, 2.75) is 26.7 Å². The molecule has 1 N–H and O–H groups in total. The Hall–Kier alpha value is -2.67. The van der Waals surface area contributed by atoms with Gasteiger partial charge in [0.15, 0.2) is 0 Å². The quantitative estimate of drug-likeness (QED) is 0.699. The molecule has 1 aliphatic rings. The first-order valence-corrected chi connectivity index (χ1v) is 9.53. The first kappa shape index (κ1) is 18.7. The van der Waals surface area contributed by atoms with E-state index in [1.807, 2.05) is 13.8 Å². The number of aryl methyl sites for hydroxylation is 2. The van der Waals surface area contributed by atoms with Crippen molar-refractivity contribution < 1.29 is 13.6 Å². The molecule has 2 aromatic heterocycles. The third-order valence-corrected chi connectivity index (χ3v) is 5.46. The molecule has 1 aromatic carbocycles. The summed E-state index contributed by atoms with van der Waals surface area (Å²) in [7, 11) is 0. The summed E-state index contributed by atoms with van der Waals surface area (Å²) < 4.78 is 19.7. The van der Waals surface area contributed by atoms with Crippen LogP contribution >= 0.6 is 11.6 Å². The van der Waals surface area contributed by atoms with Gasteiger partial charge >= 0.3 is 0 Å². The molecule has 146 valence electrons. The Morgan fingerprint density at radius 3 is 2.96 bits per heavy atom. The van der Waals surface area contributed by atoms with Crippen LogP contribution in [0.2, 0.25) is 5.02 Å². The molecule has 1 saturated heterocycles. The molecule has 1 amide bonds. The topological polar surface area (TPSA) is 71.3 Å². The maximum absolute atomic E-state index is 14.0. The number of benzene rings is 1. The smallest absolute Gasteiger partial charge is 0.231 e. The van der Waals surface area contributed by atoms with E-state index >= 15 is 0 Å². The second-order valence-electron chi connectivity index (χ2n) is 7.06. The highest BCUT2D eigenvalue weighted by Gasteiger charge is 2.29. The summed E-state index contributed by atoms with van der Waals surface area (Å²) >= 11 is 5.77. The zero-order chi connectivity index (χ0) is 19.8. The van der Waals surface area contributed by atoms with Crippen molar-refractivity contribution in [2.24, 2.45) is 5.92 Å². The molecule has 0 radical (unpaired) electrons. The van der Waals surface area contributed by atoms with Gasteiger partial charge in [-0.15, -0.1) is 0 Å². The average Bonchev–Trinajstić information content (AvgIpc) is 2.98. The second-order valence-corrected chi connectivity index (χ2v) is 7.50. The Morgan fingerprint density at radius 2 is 2.18 bits per heavy atom. The third-order valence-electron chi connectivity index (χ3n) is 5.23. The fourth-order valence-electron chi connectivity index (χ4n) is 3.61. The Balaban J connectivity index is 1.56. The largest absolute Gasteiger partial charge is 0.443 e. The number of furan rings is 1. The number of nitrogens with zero attached hydrogens (tertiary/aromatic N) is 3. The molecule has 6 nitrogen and oxygen atoms in total. The zero-order valence-corrected chi connectivity index (χ0v) is 16.4. The maximum Gasteiger partial charge on any atom is 0.231 e. The molecule has 0 aliphatic carbocycles. The fourth-order valence-corrected chi connectivity index (χ4v) is 3.77. The number of carbonyl (C=O) groups excluding carboxylic acids is 1. The van der Waals surface area contributed by atoms with E-state index < -0.39 is 5.82 Å². The van der Waals surface area contributed by atoms with Crippen LogP contribution in [0, 0.1) is 25.6 Å². The second kappa shape index (κ2) is 7.39. The Morgan fingerprint density at radius 1 is 1.36 bits per heavy atom. The average molecular weight is 403 g/mol. The lowest BCUT2D eigenvalue weighted by Crippen LogP contribution is -2.41. The summed E-state index contributed by atoms with van der Waals surface area (Å²) in [6, 6.07) is 4.21. The lowest BCUT2D eigenvalue weighted by Gasteiger charge is -2.33. The molecule has 3 aromatic rings. The van der Waals surface area contributed by atoms with Crippen LogP contribution in [0.3, 0.4) is 0 Å². The van der Waals surface area contributed by atoms with E-state index in [9.17, 15) is 9.18 Å². The van der Waals surface area contributed by atoms with Crippen molar-refractivity contribution in [2.75, 3.05) is 23.3 Å². The van der Waals surface area contributed by atoms with Gasteiger partial charge in [0.25, 0.3) is 0 Å². The lowest BCUT2D eigenvalue weighted by atomic mass is 9.96. The van der Waals surface area contributed by atoms with Crippen molar-refractivity contribution in [1.82, 2.24) is 9.97 Å². The number of nitrogens with one attached hydrogen (secondary N) is 1. The highest BCUT2D eigenvalue weighted by Crippen LogP contribution is 2.33. The van der Waals surface area contributed by atoms with E-state index in [2.05, 4.69) is 20.2 Å². The van der Waals surface area contributed by atoms with Gasteiger partial charge in [0, 0.05) is 23.7 Å². The summed E-state index contributed by atoms with van der Waals surface area (Å²) in [5.74, 6) is 0.546. The molecule has 8 heteroatoms. The Bertz CT molecular complexity index is 1050. The van der Waals surface area contributed by atoms with Crippen LogP contribution in [0.5, 0.6) is 0 Å². The Labute approximate surface area is 166 Å². The Kier molecular flexibility index (Phi) is 4.93. The van der Waals surface area contributed by atoms with Gasteiger partial charge in [-0.1, -0.05) is 11.6 Å². The van der Waals surface area contributed by atoms with Crippen LogP contribution < -0.4 is 10.2 Å². The fraction of sp³-hybridized carbons (Fsp3) is 0.350. The van der Waals surface area contributed by atoms with Crippen LogP contribution in [0.1, 0.15) is 24.2 Å². The van der Waals surface area contributed by atoms with Crippen LogP contribution in [0.25, 0.3) is 11.1 Å². The summed E-state index contributed by atoms with van der Waals surface area (Å²) in [5.41, 5.74) is 1.69. The molecule has 0 bridgehead atoms. The van der Waals surface area contributed by atoms with Gasteiger partial charge in [0.1, 0.15) is 23.7 Å². The number of amides is 1. The van der Waals surface area contributed by atoms with Crippen LogP contribution in [0.4, 0.5) is 15.9 Å². The number of aromatic nitrogens is 2. The van der Waals surface area contributed by atoms with E-state index in [4.69, 9.17) is 16.0 Å². The number of fused-ring (bicyclic) bond motifs is 1. The number of rotatable bonds is 3. The first-order valence-electron chi connectivity index (χ1n) is 9.15. The summed E-state index contributed by atoms with van der Waals surface area (Å²) in [4.78, 5) is 23.5. The predicted molar refractivity (Wildman–Crippen MR) is 106 cm³/mol. The van der Waals surface area contributed by atoms with Crippen molar-refractivity contribution in [1.29, 1.82) is 0 Å². The minimum Gasteiger partial charge on any atom is -0.443 e. The van der Waals surface area contributed by atoms with E-state index in [0.717, 1.165) is 41.9 Å². The summed E-state index contributed by atoms with van der Waals surface area (Å²) in [6.45, 7) is 5.16. The van der Waals surface area contributed by atoms with E-state index in [0.29, 0.717) is 12.3 Å². The van der Waals surface area contributed by atoms with Gasteiger partial charge in [0.05, 0.1) is 17.0 Å². The number of halogens is 2. The van der Waals surface area contributed by atoms with Gasteiger partial charge < -0.3 is 14.6 Å². The molecule has 1 fully saturated rings. The number of hydrogen-bond donors (Lipinski definition) is 1. The van der Waals surface area contributed by atoms with Crippen molar-refractivity contribution in [3.8, 4) is 0 Å². The maximum atomic E-state index is 14.0. The SMILES string of the molecule is Cc1oc2ncnc(N3CCCC(C(=O)Nc4ccc(Cl)cc4F)C3)c2c1C.